The van der Waals surface area contributed by atoms with Gasteiger partial charge in [0.1, 0.15) is 0 Å². The van der Waals surface area contributed by atoms with E-state index < -0.39 is 5.97 Å². The zero-order valence-electron chi connectivity index (χ0n) is 11.1. The molecule has 1 fully saturated rings. The van der Waals surface area contributed by atoms with Gasteiger partial charge in [0.15, 0.2) is 0 Å². The van der Waals surface area contributed by atoms with Gasteiger partial charge in [-0.3, -0.25) is 9.59 Å². The molecule has 0 bridgehead atoms. The molecule has 1 heterocycles. The lowest BCUT2D eigenvalue weighted by Gasteiger charge is -2.21. The fourth-order valence-corrected chi connectivity index (χ4v) is 2.18. The second-order valence-electron chi connectivity index (χ2n) is 5.30. The molecular weight excluding hydrogens is 232 g/mol. The number of carbonyl (C=O) groups excluding carboxylic acids is 1. The lowest BCUT2D eigenvalue weighted by Crippen LogP contribution is -2.40. The Hall–Kier alpha value is -1.10. The first-order chi connectivity index (χ1) is 8.54. The summed E-state index contributed by atoms with van der Waals surface area (Å²) in [6, 6.07) is 0. The van der Waals surface area contributed by atoms with E-state index in [0.29, 0.717) is 6.54 Å². The van der Waals surface area contributed by atoms with Crippen LogP contribution >= 0.6 is 0 Å². The number of nitrogens with one attached hydrogen (secondary N) is 2. The number of carbonyl (C=O) groups is 2. The molecule has 0 radical (unpaired) electrons. The standard InChI is InChI=1S/C13H24N2O3/c1-13(7-9-14-10-13)12(18)15-8-5-3-2-4-6-11(16)17/h14H,2-10H2,1H3,(H,15,18)(H,16,17). The first-order valence-electron chi connectivity index (χ1n) is 6.75. The summed E-state index contributed by atoms with van der Waals surface area (Å²) in [5, 5.41) is 14.7. The number of unbranched alkanes of at least 4 members (excludes halogenated alkanes) is 3. The Morgan fingerprint density at radius 1 is 1.28 bits per heavy atom. The van der Waals surface area contributed by atoms with Crippen molar-refractivity contribution >= 4 is 11.9 Å². The number of hydrogen-bond acceptors (Lipinski definition) is 3. The van der Waals surface area contributed by atoms with Crippen LogP contribution in [0.15, 0.2) is 0 Å². The first kappa shape index (κ1) is 15.0. The molecule has 0 spiro atoms. The number of rotatable bonds is 8. The number of hydrogen-bond donors (Lipinski definition) is 3. The molecule has 0 aromatic heterocycles. The summed E-state index contributed by atoms with van der Waals surface area (Å²) < 4.78 is 0. The van der Waals surface area contributed by atoms with Crippen molar-refractivity contribution in [2.45, 2.75) is 45.4 Å². The molecule has 5 heteroatoms. The molecule has 1 aliphatic heterocycles. The molecule has 1 amide bonds. The van der Waals surface area contributed by atoms with E-state index >= 15 is 0 Å². The van der Waals surface area contributed by atoms with Gasteiger partial charge in [-0.15, -0.1) is 0 Å². The normalized spacial score (nSPS) is 22.9. The van der Waals surface area contributed by atoms with Crippen molar-refractivity contribution in [1.82, 2.24) is 10.6 Å². The summed E-state index contributed by atoms with van der Waals surface area (Å²) in [5.74, 6) is -0.594. The number of carboxylic acids is 1. The highest BCUT2D eigenvalue weighted by atomic mass is 16.4. The van der Waals surface area contributed by atoms with Crippen LogP contribution in [0.3, 0.4) is 0 Å². The van der Waals surface area contributed by atoms with Crippen LogP contribution in [-0.4, -0.2) is 36.6 Å². The lowest BCUT2D eigenvalue weighted by molar-refractivity contribution is -0.137. The minimum atomic E-state index is -0.732. The average Bonchev–Trinajstić information content (AvgIpc) is 2.75. The van der Waals surface area contributed by atoms with E-state index in [-0.39, 0.29) is 17.7 Å². The monoisotopic (exact) mass is 256 g/mol. The molecule has 1 rings (SSSR count). The fourth-order valence-electron chi connectivity index (χ4n) is 2.18. The number of carboxylic acid groups (broad SMARTS) is 1. The predicted octanol–water partition coefficient (Wildman–Crippen LogP) is 1.14. The third-order valence-corrected chi connectivity index (χ3v) is 3.52. The van der Waals surface area contributed by atoms with Crippen molar-refractivity contribution < 1.29 is 14.7 Å². The van der Waals surface area contributed by atoms with Gasteiger partial charge in [0.05, 0.1) is 5.41 Å². The molecule has 104 valence electrons. The molecule has 0 aromatic rings. The second-order valence-corrected chi connectivity index (χ2v) is 5.30. The maximum absolute atomic E-state index is 11.9. The van der Waals surface area contributed by atoms with E-state index in [9.17, 15) is 9.59 Å². The van der Waals surface area contributed by atoms with Crippen molar-refractivity contribution in [2.24, 2.45) is 5.41 Å². The quantitative estimate of drug-likeness (QED) is 0.569. The molecule has 3 N–H and O–H groups in total. The van der Waals surface area contributed by atoms with Crippen LogP contribution < -0.4 is 10.6 Å². The Balaban J connectivity index is 2.00. The van der Waals surface area contributed by atoms with Crippen LogP contribution in [-0.2, 0) is 9.59 Å². The van der Waals surface area contributed by atoms with Crippen molar-refractivity contribution in [3.8, 4) is 0 Å². The molecule has 0 aliphatic carbocycles. The zero-order chi connectivity index (χ0) is 13.4. The Bertz CT molecular complexity index is 286. The summed E-state index contributed by atoms with van der Waals surface area (Å²) in [5.41, 5.74) is -0.247. The van der Waals surface area contributed by atoms with Crippen LogP contribution in [0.25, 0.3) is 0 Å². The summed E-state index contributed by atoms with van der Waals surface area (Å²) in [6.45, 7) is 4.37. The van der Waals surface area contributed by atoms with Crippen LogP contribution in [0.1, 0.15) is 45.4 Å². The number of aliphatic carboxylic acids is 1. The Kier molecular flexibility index (Phi) is 6.12. The Morgan fingerprint density at radius 3 is 2.61 bits per heavy atom. The van der Waals surface area contributed by atoms with E-state index in [1.165, 1.54) is 0 Å². The highest BCUT2D eigenvalue weighted by Gasteiger charge is 2.35. The first-order valence-corrected chi connectivity index (χ1v) is 6.75. The minimum absolute atomic E-state index is 0.137. The summed E-state index contributed by atoms with van der Waals surface area (Å²) in [4.78, 5) is 22.2. The van der Waals surface area contributed by atoms with Gasteiger partial charge >= 0.3 is 5.97 Å². The second kappa shape index (κ2) is 7.36. The van der Waals surface area contributed by atoms with Crippen molar-refractivity contribution in [2.75, 3.05) is 19.6 Å². The molecule has 18 heavy (non-hydrogen) atoms. The third-order valence-electron chi connectivity index (χ3n) is 3.52. The van der Waals surface area contributed by atoms with Gasteiger partial charge in [-0.1, -0.05) is 12.8 Å². The largest absolute Gasteiger partial charge is 0.481 e. The van der Waals surface area contributed by atoms with E-state index in [2.05, 4.69) is 10.6 Å². The maximum atomic E-state index is 11.9. The molecular formula is C13H24N2O3. The third kappa shape index (κ3) is 5.04. The minimum Gasteiger partial charge on any atom is -0.481 e. The maximum Gasteiger partial charge on any atom is 0.303 e. The van der Waals surface area contributed by atoms with Gasteiger partial charge < -0.3 is 15.7 Å². The Labute approximate surface area is 108 Å². The zero-order valence-corrected chi connectivity index (χ0v) is 11.1. The van der Waals surface area contributed by atoms with Crippen molar-refractivity contribution in [3.05, 3.63) is 0 Å². The molecule has 1 aliphatic rings. The molecule has 1 saturated heterocycles. The predicted molar refractivity (Wildman–Crippen MR) is 69.3 cm³/mol. The van der Waals surface area contributed by atoms with Gasteiger partial charge in [0.25, 0.3) is 0 Å². The smallest absolute Gasteiger partial charge is 0.303 e. The highest BCUT2D eigenvalue weighted by molar-refractivity contribution is 5.82. The van der Waals surface area contributed by atoms with Crippen LogP contribution in [0.5, 0.6) is 0 Å². The highest BCUT2D eigenvalue weighted by Crippen LogP contribution is 2.24. The van der Waals surface area contributed by atoms with Gasteiger partial charge in [-0.2, -0.15) is 0 Å². The molecule has 0 aromatic carbocycles. The molecule has 1 unspecified atom stereocenters. The van der Waals surface area contributed by atoms with Crippen molar-refractivity contribution in [1.29, 1.82) is 0 Å². The molecule has 0 saturated carbocycles. The topological polar surface area (TPSA) is 78.4 Å². The average molecular weight is 256 g/mol. The van der Waals surface area contributed by atoms with Gasteiger partial charge in [0.2, 0.25) is 5.91 Å². The summed E-state index contributed by atoms with van der Waals surface area (Å²) in [7, 11) is 0. The van der Waals surface area contributed by atoms with Gasteiger partial charge in [-0.25, -0.2) is 0 Å². The summed E-state index contributed by atoms with van der Waals surface area (Å²) >= 11 is 0. The van der Waals surface area contributed by atoms with E-state index in [0.717, 1.165) is 45.2 Å². The molecule has 1 atom stereocenters. The van der Waals surface area contributed by atoms with E-state index in [1.807, 2.05) is 6.92 Å². The van der Waals surface area contributed by atoms with Crippen LogP contribution in [0, 0.1) is 5.41 Å². The fraction of sp³-hybridized carbons (Fsp3) is 0.846. The van der Waals surface area contributed by atoms with Crippen LogP contribution in [0.2, 0.25) is 0 Å². The van der Waals surface area contributed by atoms with Gasteiger partial charge in [-0.05, 0) is 32.7 Å². The summed E-state index contributed by atoms with van der Waals surface area (Å²) in [6.07, 6.45) is 4.69. The Morgan fingerprint density at radius 2 is 2.00 bits per heavy atom. The van der Waals surface area contributed by atoms with Crippen molar-refractivity contribution in [3.63, 3.8) is 0 Å². The van der Waals surface area contributed by atoms with Gasteiger partial charge in [0, 0.05) is 19.5 Å². The van der Waals surface area contributed by atoms with E-state index in [4.69, 9.17) is 5.11 Å². The lowest BCUT2D eigenvalue weighted by atomic mass is 9.89. The van der Waals surface area contributed by atoms with E-state index in [1.54, 1.807) is 0 Å². The van der Waals surface area contributed by atoms with Crippen LogP contribution in [0.4, 0.5) is 0 Å². The number of amides is 1. The molecule has 5 nitrogen and oxygen atoms in total. The SMILES string of the molecule is CC1(C(=O)NCCCCCCC(=O)O)CCNC1.